The van der Waals surface area contributed by atoms with Crippen LogP contribution in [-0.4, -0.2) is 64.7 Å². The molecule has 1 N–H and O–H groups in total. The molecular formula is C17H24N4O3. The number of nitrogens with zero attached hydrogens (tertiary/aromatic N) is 3. The molecule has 0 aliphatic carbocycles. The molecule has 1 fully saturated rings. The zero-order valence-electron chi connectivity index (χ0n) is 14.4. The van der Waals surface area contributed by atoms with Crippen molar-refractivity contribution >= 4 is 17.7 Å². The van der Waals surface area contributed by atoms with E-state index in [4.69, 9.17) is 0 Å². The maximum Gasteiger partial charge on any atom is 0.272 e. The van der Waals surface area contributed by atoms with E-state index in [-0.39, 0.29) is 35.2 Å². The smallest absolute Gasteiger partial charge is 0.272 e. The molecule has 2 heterocycles. The van der Waals surface area contributed by atoms with E-state index in [2.05, 4.69) is 10.3 Å². The van der Waals surface area contributed by atoms with E-state index >= 15 is 0 Å². The SMILES string of the molecule is CCC(C)NC(=O)c1cccc(C(=O)N2CCN(C(C)=O)CC2)n1. The third-order valence-electron chi connectivity index (χ3n) is 4.20. The van der Waals surface area contributed by atoms with Crippen molar-refractivity contribution in [1.29, 1.82) is 0 Å². The van der Waals surface area contributed by atoms with Gasteiger partial charge in [-0.1, -0.05) is 13.0 Å². The summed E-state index contributed by atoms with van der Waals surface area (Å²) in [6.07, 6.45) is 0.824. The van der Waals surface area contributed by atoms with Crippen LogP contribution in [0.1, 0.15) is 48.2 Å². The standard InChI is InChI=1S/C17H24N4O3/c1-4-12(2)18-16(23)14-6-5-7-15(19-14)17(24)21-10-8-20(9-11-21)13(3)22/h5-7,12H,4,8-11H2,1-3H3,(H,18,23). The fourth-order valence-electron chi connectivity index (χ4n) is 2.47. The van der Waals surface area contributed by atoms with E-state index in [1.165, 1.54) is 6.92 Å². The Labute approximate surface area is 142 Å². The van der Waals surface area contributed by atoms with Gasteiger partial charge in [0, 0.05) is 39.1 Å². The molecule has 7 nitrogen and oxygen atoms in total. The minimum atomic E-state index is -0.277. The number of amides is 3. The van der Waals surface area contributed by atoms with E-state index in [0.717, 1.165) is 6.42 Å². The zero-order valence-corrected chi connectivity index (χ0v) is 14.4. The van der Waals surface area contributed by atoms with Gasteiger partial charge in [0.2, 0.25) is 5.91 Å². The Morgan fingerprint density at radius 2 is 1.71 bits per heavy atom. The Bertz CT molecular complexity index is 624. The van der Waals surface area contributed by atoms with Crippen molar-refractivity contribution in [3.8, 4) is 0 Å². The number of hydrogen-bond acceptors (Lipinski definition) is 4. The molecule has 1 aromatic heterocycles. The van der Waals surface area contributed by atoms with Crippen molar-refractivity contribution in [1.82, 2.24) is 20.1 Å². The van der Waals surface area contributed by atoms with Crippen LogP contribution in [-0.2, 0) is 4.79 Å². The largest absolute Gasteiger partial charge is 0.348 e. The Morgan fingerprint density at radius 3 is 2.29 bits per heavy atom. The van der Waals surface area contributed by atoms with E-state index < -0.39 is 0 Å². The summed E-state index contributed by atoms with van der Waals surface area (Å²) in [5, 5.41) is 2.84. The highest BCUT2D eigenvalue weighted by molar-refractivity contribution is 5.96. The molecular weight excluding hydrogens is 308 g/mol. The molecule has 0 aromatic carbocycles. The maximum atomic E-state index is 12.6. The van der Waals surface area contributed by atoms with Crippen molar-refractivity contribution < 1.29 is 14.4 Å². The molecule has 24 heavy (non-hydrogen) atoms. The van der Waals surface area contributed by atoms with Crippen molar-refractivity contribution in [2.75, 3.05) is 26.2 Å². The molecule has 1 aliphatic heterocycles. The van der Waals surface area contributed by atoms with E-state index in [0.29, 0.717) is 26.2 Å². The lowest BCUT2D eigenvalue weighted by atomic mass is 10.2. The normalized spacial score (nSPS) is 15.8. The van der Waals surface area contributed by atoms with Gasteiger partial charge in [-0.2, -0.15) is 0 Å². The molecule has 1 unspecified atom stereocenters. The van der Waals surface area contributed by atoms with Crippen molar-refractivity contribution in [3.05, 3.63) is 29.6 Å². The maximum absolute atomic E-state index is 12.6. The van der Waals surface area contributed by atoms with Crippen molar-refractivity contribution in [2.45, 2.75) is 33.2 Å². The molecule has 1 saturated heterocycles. The average molecular weight is 332 g/mol. The topological polar surface area (TPSA) is 82.6 Å². The summed E-state index contributed by atoms with van der Waals surface area (Å²) in [4.78, 5) is 43.6. The summed E-state index contributed by atoms with van der Waals surface area (Å²) in [5.74, 6) is -0.472. The predicted molar refractivity (Wildman–Crippen MR) is 89.6 cm³/mol. The molecule has 0 bridgehead atoms. The van der Waals surface area contributed by atoms with Gasteiger partial charge in [0.15, 0.2) is 0 Å². The molecule has 0 saturated carbocycles. The van der Waals surface area contributed by atoms with Gasteiger partial charge in [0.25, 0.3) is 11.8 Å². The van der Waals surface area contributed by atoms with Crippen LogP contribution < -0.4 is 5.32 Å². The monoisotopic (exact) mass is 332 g/mol. The van der Waals surface area contributed by atoms with Gasteiger partial charge in [-0.3, -0.25) is 14.4 Å². The van der Waals surface area contributed by atoms with Crippen molar-refractivity contribution in [3.63, 3.8) is 0 Å². The first kappa shape index (κ1) is 17.9. The number of carbonyl (C=O) groups is 3. The van der Waals surface area contributed by atoms with Crippen LogP contribution >= 0.6 is 0 Å². The van der Waals surface area contributed by atoms with Crippen LogP contribution in [0.15, 0.2) is 18.2 Å². The third-order valence-corrected chi connectivity index (χ3v) is 4.20. The van der Waals surface area contributed by atoms with Crippen LogP contribution in [0.4, 0.5) is 0 Å². The number of rotatable bonds is 4. The van der Waals surface area contributed by atoms with Crippen LogP contribution in [0.3, 0.4) is 0 Å². The second kappa shape index (κ2) is 7.90. The van der Waals surface area contributed by atoms with Gasteiger partial charge in [0.1, 0.15) is 11.4 Å². The minimum absolute atomic E-state index is 0.0175. The first-order valence-electron chi connectivity index (χ1n) is 8.25. The quantitative estimate of drug-likeness (QED) is 0.888. The molecule has 130 valence electrons. The lowest BCUT2D eigenvalue weighted by molar-refractivity contribution is -0.130. The summed E-state index contributed by atoms with van der Waals surface area (Å²) < 4.78 is 0. The summed E-state index contributed by atoms with van der Waals surface area (Å²) in [6.45, 7) is 7.43. The Morgan fingerprint density at radius 1 is 1.12 bits per heavy atom. The Kier molecular flexibility index (Phi) is 5.89. The average Bonchev–Trinajstić information content (AvgIpc) is 2.61. The molecule has 1 atom stereocenters. The van der Waals surface area contributed by atoms with Gasteiger partial charge < -0.3 is 15.1 Å². The molecule has 0 radical (unpaired) electrons. The highest BCUT2D eigenvalue weighted by atomic mass is 16.2. The van der Waals surface area contributed by atoms with E-state index in [1.807, 2.05) is 13.8 Å². The fourth-order valence-corrected chi connectivity index (χ4v) is 2.47. The lowest BCUT2D eigenvalue weighted by Gasteiger charge is -2.34. The molecule has 2 rings (SSSR count). The highest BCUT2D eigenvalue weighted by Crippen LogP contribution is 2.09. The molecule has 7 heteroatoms. The predicted octanol–water partition coefficient (Wildman–Crippen LogP) is 0.914. The number of carbonyl (C=O) groups excluding carboxylic acids is 3. The van der Waals surface area contributed by atoms with E-state index in [1.54, 1.807) is 28.0 Å². The summed E-state index contributed by atoms with van der Waals surface area (Å²) in [7, 11) is 0. The van der Waals surface area contributed by atoms with E-state index in [9.17, 15) is 14.4 Å². The molecule has 1 aliphatic rings. The number of hydrogen-bond donors (Lipinski definition) is 1. The van der Waals surface area contributed by atoms with Gasteiger partial charge in [0.05, 0.1) is 0 Å². The van der Waals surface area contributed by atoms with Gasteiger partial charge in [-0.05, 0) is 25.5 Å². The molecule has 1 aromatic rings. The molecule has 0 spiro atoms. The van der Waals surface area contributed by atoms with Gasteiger partial charge in [-0.25, -0.2) is 4.98 Å². The Balaban J connectivity index is 2.04. The third kappa shape index (κ3) is 4.31. The van der Waals surface area contributed by atoms with Crippen LogP contribution in [0.2, 0.25) is 0 Å². The first-order valence-corrected chi connectivity index (χ1v) is 8.25. The Hall–Kier alpha value is -2.44. The fraction of sp³-hybridized carbons (Fsp3) is 0.529. The van der Waals surface area contributed by atoms with Gasteiger partial charge in [-0.15, -0.1) is 0 Å². The highest BCUT2D eigenvalue weighted by Gasteiger charge is 2.24. The van der Waals surface area contributed by atoms with Crippen molar-refractivity contribution in [2.24, 2.45) is 0 Å². The van der Waals surface area contributed by atoms with Gasteiger partial charge >= 0.3 is 0 Å². The first-order chi connectivity index (χ1) is 11.4. The molecule has 3 amide bonds. The number of nitrogens with one attached hydrogen (secondary N) is 1. The summed E-state index contributed by atoms with van der Waals surface area (Å²) in [6, 6.07) is 4.93. The zero-order chi connectivity index (χ0) is 17.7. The summed E-state index contributed by atoms with van der Waals surface area (Å²) >= 11 is 0. The number of aromatic nitrogens is 1. The lowest BCUT2D eigenvalue weighted by Crippen LogP contribution is -2.50. The summed E-state index contributed by atoms with van der Waals surface area (Å²) in [5.41, 5.74) is 0.492. The number of piperazine rings is 1. The second-order valence-electron chi connectivity index (χ2n) is 5.99. The van der Waals surface area contributed by atoms with Crippen LogP contribution in [0.5, 0.6) is 0 Å². The van der Waals surface area contributed by atoms with Crippen LogP contribution in [0, 0.1) is 0 Å². The van der Waals surface area contributed by atoms with Crippen LogP contribution in [0.25, 0.3) is 0 Å². The minimum Gasteiger partial charge on any atom is -0.348 e. The second-order valence-corrected chi connectivity index (χ2v) is 5.99. The number of pyridine rings is 1.